The summed E-state index contributed by atoms with van der Waals surface area (Å²) in [4.78, 5) is 12.5. The molecule has 2 saturated carbocycles. The summed E-state index contributed by atoms with van der Waals surface area (Å²) in [6.07, 6.45) is 9.72. The van der Waals surface area contributed by atoms with Crippen molar-refractivity contribution in [1.29, 1.82) is 0 Å². The van der Waals surface area contributed by atoms with Gasteiger partial charge in [-0.15, -0.1) is 0 Å². The number of rotatable bonds is 5. The van der Waals surface area contributed by atoms with Crippen molar-refractivity contribution in [2.75, 3.05) is 6.54 Å². The largest absolute Gasteiger partial charge is 0.354 e. The second-order valence-electron chi connectivity index (χ2n) is 7.06. The van der Waals surface area contributed by atoms with Crippen LogP contribution in [0.4, 0.5) is 0 Å². The van der Waals surface area contributed by atoms with Crippen molar-refractivity contribution in [1.82, 2.24) is 20.1 Å². The molecule has 1 aromatic heterocycles. The van der Waals surface area contributed by atoms with Gasteiger partial charge >= 0.3 is 0 Å². The molecule has 0 aliphatic heterocycles. The van der Waals surface area contributed by atoms with Crippen molar-refractivity contribution in [2.45, 2.75) is 64.8 Å². The van der Waals surface area contributed by atoms with Crippen molar-refractivity contribution in [3.63, 3.8) is 0 Å². The van der Waals surface area contributed by atoms with E-state index >= 15 is 0 Å². The molecule has 0 aromatic carbocycles. The zero-order valence-electron chi connectivity index (χ0n) is 14.0. The molecule has 1 amide bonds. The van der Waals surface area contributed by atoms with Crippen LogP contribution in [0.15, 0.2) is 0 Å². The van der Waals surface area contributed by atoms with E-state index in [1.54, 1.807) is 0 Å². The standard InChI is InChI=1S/C17H28N4OS/c1-2-15-19-20-17(23)21(15)10-9-18-16(22)14-8-7-12-5-3-4-6-13(12)11-14/h12-14H,2-11H2,1H3,(H,18,22)(H,20,23). The monoisotopic (exact) mass is 336 g/mol. The molecule has 0 saturated heterocycles. The number of amides is 1. The van der Waals surface area contributed by atoms with Crippen LogP contribution in [0.3, 0.4) is 0 Å². The van der Waals surface area contributed by atoms with Crippen molar-refractivity contribution < 1.29 is 4.79 Å². The van der Waals surface area contributed by atoms with E-state index in [-0.39, 0.29) is 11.8 Å². The first kappa shape index (κ1) is 16.7. The first-order chi connectivity index (χ1) is 11.2. The van der Waals surface area contributed by atoms with Gasteiger partial charge in [-0.3, -0.25) is 9.89 Å². The molecule has 23 heavy (non-hydrogen) atoms. The van der Waals surface area contributed by atoms with Gasteiger partial charge in [0.2, 0.25) is 5.91 Å². The number of fused-ring (bicyclic) bond motifs is 1. The summed E-state index contributed by atoms with van der Waals surface area (Å²) in [5.41, 5.74) is 0. The van der Waals surface area contributed by atoms with Gasteiger partial charge in [-0.05, 0) is 43.3 Å². The van der Waals surface area contributed by atoms with Gasteiger partial charge < -0.3 is 9.88 Å². The fourth-order valence-electron chi connectivity index (χ4n) is 4.40. The maximum atomic E-state index is 12.5. The lowest BCUT2D eigenvalue weighted by atomic mass is 9.67. The molecular weight excluding hydrogens is 308 g/mol. The van der Waals surface area contributed by atoms with E-state index in [1.165, 1.54) is 32.1 Å². The number of hydrogen-bond donors (Lipinski definition) is 2. The quantitative estimate of drug-likeness (QED) is 0.812. The van der Waals surface area contributed by atoms with Crippen LogP contribution < -0.4 is 5.32 Å². The van der Waals surface area contributed by atoms with Crippen LogP contribution in [0.25, 0.3) is 0 Å². The molecule has 2 aliphatic carbocycles. The van der Waals surface area contributed by atoms with Gasteiger partial charge in [-0.25, -0.2) is 0 Å². The molecule has 3 unspecified atom stereocenters. The lowest BCUT2D eigenvalue weighted by Gasteiger charge is -2.38. The molecule has 2 N–H and O–H groups in total. The van der Waals surface area contributed by atoms with Gasteiger partial charge in [0.1, 0.15) is 5.82 Å². The Kier molecular flexibility index (Phi) is 5.51. The van der Waals surface area contributed by atoms with Crippen molar-refractivity contribution >= 4 is 18.1 Å². The normalized spacial score (nSPS) is 27.4. The van der Waals surface area contributed by atoms with Gasteiger partial charge in [0, 0.05) is 25.4 Å². The van der Waals surface area contributed by atoms with E-state index in [1.807, 2.05) is 4.57 Å². The van der Waals surface area contributed by atoms with E-state index in [9.17, 15) is 4.79 Å². The minimum Gasteiger partial charge on any atom is -0.354 e. The Hall–Kier alpha value is -1.17. The third-order valence-corrected chi connectivity index (χ3v) is 6.01. The first-order valence-electron chi connectivity index (χ1n) is 9.10. The minimum absolute atomic E-state index is 0.220. The van der Waals surface area contributed by atoms with Crippen LogP contribution in [0.2, 0.25) is 0 Å². The zero-order valence-corrected chi connectivity index (χ0v) is 14.8. The molecule has 1 aromatic rings. The molecule has 3 atom stereocenters. The Morgan fingerprint density at radius 2 is 2.09 bits per heavy atom. The fourth-order valence-corrected chi connectivity index (χ4v) is 4.64. The average Bonchev–Trinajstić information content (AvgIpc) is 2.94. The molecule has 6 heteroatoms. The molecule has 1 heterocycles. The highest BCUT2D eigenvalue weighted by Crippen LogP contribution is 2.42. The van der Waals surface area contributed by atoms with Crippen LogP contribution in [0.5, 0.6) is 0 Å². The van der Waals surface area contributed by atoms with E-state index in [2.05, 4.69) is 22.4 Å². The molecule has 5 nitrogen and oxygen atoms in total. The maximum Gasteiger partial charge on any atom is 0.223 e. The third-order valence-electron chi connectivity index (χ3n) is 5.70. The van der Waals surface area contributed by atoms with Crippen molar-refractivity contribution in [2.24, 2.45) is 17.8 Å². The van der Waals surface area contributed by atoms with Crippen LogP contribution in [-0.4, -0.2) is 27.2 Å². The number of hydrogen-bond acceptors (Lipinski definition) is 3. The summed E-state index contributed by atoms with van der Waals surface area (Å²) in [5, 5.41) is 10.1. The third kappa shape index (κ3) is 3.84. The summed E-state index contributed by atoms with van der Waals surface area (Å²) in [7, 11) is 0. The number of aromatic amines is 1. The molecule has 0 radical (unpaired) electrons. The number of carbonyl (C=O) groups is 1. The maximum absolute atomic E-state index is 12.5. The second kappa shape index (κ2) is 7.60. The van der Waals surface area contributed by atoms with E-state index in [0.29, 0.717) is 17.9 Å². The number of carbonyl (C=O) groups excluding carboxylic acids is 1. The Balaban J connectivity index is 1.48. The van der Waals surface area contributed by atoms with Crippen LogP contribution in [-0.2, 0) is 17.8 Å². The van der Waals surface area contributed by atoms with Crippen LogP contribution in [0, 0.1) is 22.5 Å². The fraction of sp³-hybridized carbons (Fsp3) is 0.824. The molecule has 0 spiro atoms. The molecule has 2 aliphatic rings. The highest BCUT2D eigenvalue weighted by Gasteiger charge is 2.34. The lowest BCUT2D eigenvalue weighted by molar-refractivity contribution is -0.127. The van der Waals surface area contributed by atoms with E-state index in [0.717, 1.165) is 36.9 Å². The van der Waals surface area contributed by atoms with Crippen LogP contribution >= 0.6 is 12.2 Å². The van der Waals surface area contributed by atoms with E-state index < -0.39 is 0 Å². The SMILES string of the molecule is CCc1n[nH]c(=S)n1CCNC(=O)C1CCC2CCCCC2C1. The molecule has 0 bridgehead atoms. The van der Waals surface area contributed by atoms with E-state index in [4.69, 9.17) is 12.2 Å². The Bertz CT molecular complexity index is 594. The minimum atomic E-state index is 0.220. The lowest BCUT2D eigenvalue weighted by Crippen LogP contribution is -2.38. The van der Waals surface area contributed by atoms with Gasteiger partial charge in [-0.2, -0.15) is 5.10 Å². The topological polar surface area (TPSA) is 62.7 Å². The highest BCUT2D eigenvalue weighted by atomic mass is 32.1. The van der Waals surface area contributed by atoms with Gasteiger partial charge in [-0.1, -0.05) is 32.6 Å². The second-order valence-corrected chi connectivity index (χ2v) is 7.44. The average molecular weight is 337 g/mol. The summed E-state index contributed by atoms with van der Waals surface area (Å²) >= 11 is 5.24. The van der Waals surface area contributed by atoms with Gasteiger partial charge in [0.05, 0.1) is 0 Å². The summed E-state index contributed by atoms with van der Waals surface area (Å²) in [6, 6.07) is 0. The molecule has 3 rings (SSSR count). The van der Waals surface area contributed by atoms with Crippen molar-refractivity contribution in [3.8, 4) is 0 Å². The highest BCUT2D eigenvalue weighted by molar-refractivity contribution is 7.71. The Morgan fingerprint density at radius 1 is 1.30 bits per heavy atom. The summed E-state index contributed by atoms with van der Waals surface area (Å²) < 4.78 is 2.62. The van der Waals surface area contributed by atoms with Gasteiger partial charge in [0.15, 0.2) is 4.77 Å². The molecule has 2 fully saturated rings. The summed E-state index contributed by atoms with van der Waals surface area (Å²) in [6.45, 7) is 3.38. The smallest absolute Gasteiger partial charge is 0.223 e. The number of nitrogens with one attached hydrogen (secondary N) is 2. The zero-order chi connectivity index (χ0) is 16.2. The van der Waals surface area contributed by atoms with Crippen LogP contribution in [0.1, 0.15) is 57.7 Å². The number of H-pyrrole nitrogens is 1. The predicted molar refractivity (Wildman–Crippen MR) is 92.6 cm³/mol. The summed E-state index contributed by atoms with van der Waals surface area (Å²) in [5.74, 6) is 3.10. The number of nitrogens with zero attached hydrogens (tertiary/aromatic N) is 2. The number of aromatic nitrogens is 3. The van der Waals surface area contributed by atoms with Crippen molar-refractivity contribution in [3.05, 3.63) is 10.6 Å². The Labute approximate surface area is 143 Å². The predicted octanol–water partition coefficient (Wildman–Crippen LogP) is 3.23. The molecule has 128 valence electrons. The number of aryl methyl sites for hydroxylation is 1. The van der Waals surface area contributed by atoms with Gasteiger partial charge in [0.25, 0.3) is 0 Å². The molecular formula is C17H28N4OS. The first-order valence-corrected chi connectivity index (χ1v) is 9.51. The Morgan fingerprint density at radius 3 is 2.87 bits per heavy atom.